The van der Waals surface area contributed by atoms with Crippen LogP contribution in [0.1, 0.15) is 21.6 Å². The first-order chi connectivity index (χ1) is 14.1. The number of nitrogens with one attached hydrogen (secondary N) is 2. The molecule has 0 aliphatic rings. The number of benzene rings is 2. The molecule has 1 amide bonds. The van der Waals surface area contributed by atoms with E-state index in [4.69, 9.17) is 9.47 Å². The van der Waals surface area contributed by atoms with E-state index in [1.165, 1.54) is 11.8 Å². The fourth-order valence-corrected chi connectivity index (χ4v) is 2.63. The average molecular weight is 392 g/mol. The highest BCUT2D eigenvalue weighted by Crippen LogP contribution is 2.21. The number of aromatic nitrogens is 2. The highest BCUT2D eigenvalue weighted by molar-refractivity contribution is 5.92. The first-order valence-corrected chi connectivity index (χ1v) is 9.27. The maximum Gasteiger partial charge on any atom is 0.271 e. The number of ether oxygens (including phenoxy) is 2. The molecule has 0 bridgehead atoms. The molecule has 0 unspecified atom stereocenters. The number of amides is 1. The summed E-state index contributed by atoms with van der Waals surface area (Å²) >= 11 is 0. The van der Waals surface area contributed by atoms with Crippen LogP contribution >= 0.6 is 0 Å². The number of rotatable bonds is 8. The smallest absolute Gasteiger partial charge is 0.271 e. The van der Waals surface area contributed by atoms with Crippen molar-refractivity contribution in [2.75, 3.05) is 25.6 Å². The highest BCUT2D eigenvalue weighted by Gasteiger charge is 2.08. The van der Waals surface area contributed by atoms with Crippen LogP contribution < -0.4 is 20.1 Å². The van der Waals surface area contributed by atoms with Crippen molar-refractivity contribution in [1.29, 1.82) is 0 Å². The third-order valence-corrected chi connectivity index (χ3v) is 4.47. The zero-order chi connectivity index (χ0) is 20.6. The Morgan fingerprint density at radius 3 is 2.45 bits per heavy atom. The highest BCUT2D eigenvalue weighted by atomic mass is 16.5. The summed E-state index contributed by atoms with van der Waals surface area (Å²) in [5.74, 6) is 1.76. The molecule has 0 radical (unpaired) electrons. The third kappa shape index (κ3) is 5.44. The summed E-state index contributed by atoms with van der Waals surface area (Å²) in [6.45, 7) is 4.80. The molecule has 7 nitrogen and oxygen atoms in total. The van der Waals surface area contributed by atoms with Crippen LogP contribution in [-0.2, 0) is 0 Å². The van der Waals surface area contributed by atoms with Crippen molar-refractivity contribution in [2.45, 2.75) is 13.8 Å². The Kier molecular flexibility index (Phi) is 6.63. The molecule has 1 aromatic heterocycles. The zero-order valence-corrected chi connectivity index (χ0v) is 16.7. The lowest BCUT2D eigenvalue weighted by Crippen LogP contribution is -2.28. The first kappa shape index (κ1) is 20.1. The Morgan fingerprint density at radius 1 is 1.00 bits per heavy atom. The number of methoxy groups -OCH3 is 1. The number of anilines is 2. The average Bonchev–Trinajstić information content (AvgIpc) is 2.75. The van der Waals surface area contributed by atoms with Crippen molar-refractivity contribution < 1.29 is 14.3 Å². The van der Waals surface area contributed by atoms with Crippen LogP contribution in [0.4, 0.5) is 11.5 Å². The van der Waals surface area contributed by atoms with E-state index in [-0.39, 0.29) is 11.6 Å². The largest absolute Gasteiger partial charge is 0.497 e. The second-order valence-electron chi connectivity index (χ2n) is 6.44. The molecule has 0 aliphatic heterocycles. The molecule has 1 heterocycles. The monoisotopic (exact) mass is 392 g/mol. The van der Waals surface area contributed by atoms with Crippen molar-refractivity contribution in [1.82, 2.24) is 15.3 Å². The summed E-state index contributed by atoms with van der Waals surface area (Å²) in [4.78, 5) is 20.7. The van der Waals surface area contributed by atoms with E-state index < -0.39 is 0 Å². The SMILES string of the molecule is COc1ccc(OCCNC(=O)c2cnc(Nc3cccc(C)c3C)cn2)cc1. The lowest BCUT2D eigenvalue weighted by molar-refractivity contribution is 0.0941. The Hall–Kier alpha value is -3.61. The van der Waals surface area contributed by atoms with E-state index >= 15 is 0 Å². The minimum atomic E-state index is -0.297. The molecule has 29 heavy (non-hydrogen) atoms. The molecule has 0 spiro atoms. The molecular weight excluding hydrogens is 368 g/mol. The van der Waals surface area contributed by atoms with Gasteiger partial charge in [-0.2, -0.15) is 0 Å². The molecular formula is C22H24N4O3. The topological polar surface area (TPSA) is 85.4 Å². The van der Waals surface area contributed by atoms with Crippen molar-refractivity contribution in [2.24, 2.45) is 0 Å². The van der Waals surface area contributed by atoms with Gasteiger partial charge in [-0.05, 0) is 55.3 Å². The summed E-state index contributed by atoms with van der Waals surface area (Å²) in [5, 5.41) is 5.99. The summed E-state index contributed by atoms with van der Waals surface area (Å²) in [7, 11) is 1.61. The number of nitrogens with zero attached hydrogens (tertiary/aromatic N) is 2. The fraction of sp³-hybridized carbons (Fsp3) is 0.227. The van der Waals surface area contributed by atoms with E-state index in [0.29, 0.717) is 24.7 Å². The normalized spacial score (nSPS) is 10.3. The van der Waals surface area contributed by atoms with Crippen LogP contribution in [0.25, 0.3) is 0 Å². The van der Waals surface area contributed by atoms with Crippen LogP contribution in [0, 0.1) is 13.8 Å². The molecule has 150 valence electrons. The maximum absolute atomic E-state index is 12.2. The number of hydrogen-bond acceptors (Lipinski definition) is 6. The van der Waals surface area contributed by atoms with Gasteiger partial charge in [-0.25, -0.2) is 9.97 Å². The predicted molar refractivity (Wildman–Crippen MR) is 112 cm³/mol. The molecule has 0 fully saturated rings. The van der Waals surface area contributed by atoms with Crippen molar-refractivity contribution in [3.8, 4) is 11.5 Å². The first-order valence-electron chi connectivity index (χ1n) is 9.27. The number of carbonyl (C=O) groups excluding carboxylic acids is 1. The minimum Gasteiger partial charge on any atom is -0.497 e. The summed E-state index contributed by atoms with van der Waals surface area (Å²) in [6, 6.07) is 13.3. The Bertz CT molecular complexity index is 957. The lowest BCUT2D eigenvalue weighted by Gasteiger charge is -2.11. The van der Waals surface area contributed by atoms with E-state index in [2.05, 4.69) is 33.6 Å². The molecule has 0 saturated carbocycles. The number of hydrogen-bond donors (Lipinski definition) is 2. The quantitative estimate of drug-likeness (QED) is 0.569. The summed E-state index contributed by atoms with van der Waals surface area (Å²) < 4.78 is 10.7. The van der Waals surface area contributed by atoms with E-state index in [9.17, 15) is 4.79 Å². The van der Waals surface area contributed by atoms with Gasteiger partial charge in [0.2, 0.25) is 0 Å². The Morgan fingerprint density at radius 2 is 1.76 bits per heavy atom. The van der Waals surface area contributed by atoms with Gasteiger partial charge in [-0.3, -0.25) is 4.79 Å². The maximum atomic E-state index is 12.2. The van der Waals surface area contributed by atoms with Crippen LogP contribution in [-0.4, -0.2) is 36.1 Å². The van der Waals surface area contributed by atoms with E-state index in [1.54, 1.807) is 13.3 Å². The zero-order valence-electron chi connectivity index (χ0n) is 16.7. The molecule has 0 saturated heterocycles. The second-order valence-corrected chi connectivity index (χ2v) is 6.44. The molecule has 2 aromatic carbocycles. The van der Waals surface area contributed by atoms with Gasteiger partial charge in [0, 0.05) is 5.69 Å². The molecule has 3 aromatic rings. The Labute approximate surface area is 170 Å². The second kappa shape index (κ2) is 9.54. The van der Waals surface area contributed by atoms with Crippen molar-refractivity contribution in [3.63, 3.8) is 0 Å². The Balaban J connectivity index is 1.47. The molecule has 0 aliphatic carbocycles. The summed E-state index contributed by atoms with van der Waals surface area (Å²) in [5.41, 5.74) is 3.55. The summed E-state index contributed by atoms with van der Waals surface area (Å²) in [6.07, 6.45) is 3.00. The van der Waals surface area contributed by atoms with Crippen LogP contribution in [0.5, 0.6) is 11.5 Å². The molecule has 2 N–H and O–H groups in total. The van der Waals surface area contributed by atoms with Crippen molar-refractivity contribution >= 4 is 17.4 Å². The van der Waals surface area contributed by atoms with Crippen LogP contribution in [0.3, 0.4) is 0 Å². The minimum absolute atomic E-state index is 0.251. The fourth-order valence-electron chi connectivity index (χ4n) is 2.63. The van der Waals surface area contributed by atoms with Gasteiger partial charge in [-0.1, -0.05) is 12.1 Å². The van der Waals surface area contributed by atoms with Gasteiger partial charge in [0.15, 0.2) is 0 Å². The molecule has 0 atom stereocenters. The lowest BCUT2D eigenvalue weighted by atomic mass is 10.1. The third-order valence-electron chi connectivity index (χ3n) is 4.47. The predicted octanol–water partition coefficient (Wildman–Crippen LogP) is 3.65. The van der Waals surface area contributed by atoms with E-state index in [1.807, 2.05) is 43.3 Å². The van der Waals surface area contributed by atoms with Gasteiger partial charge in [0.1, 0.15) is 29.6 Å². The van der Waals surface area contributed by atoms with Gasteiger partial charge in [-0.15, -0.1) is 0 Å². The van der Waals surface area contributed by atoms with Gasteiger partial charge < -0.3 is 20.1 Å². The van der Waals surface area contributed by atoms with Gasteiger partial charge in [0.05, 0.1) is 26.0 Å². The van der Waals surface area contributed by atoms with Crippen molar-refractivity contribution in [3.05, 3.63) is 71.7 Å². The van der Waals surface area contributed by atoms with Gasteiger partial charge in [0.25, 0.3) is 5.91 Å². The number of aryl methyl sites for hydroxylation is 1. The van der Waals surface area contributed by atoms with E-state index in [0.717, 1.165) is 17.0 Å². The van der Waals surface area contributed by atoms with Crippen LogP contribution in [0.15, 0.2) is 54.9 Å². The standard InChI is InChI=1S/C22H24N4O3/c1-15-5-4-6-19(16(15)2)26-21-14-24-20(13-25-21)22(27)23-11-12-29-18-9-7-17(28-3)8-10-18/h4-10,13-14H,11-12H2,1-3H3,(H,23,27)(H,25,26). The molecule has 7 heteroatoms. The van der Waals surface area contributed by atoms with Crippen LogP contribution in [0.2, 0.25) is 0 Å². The van der Waals surface area contributed by atoms with Gasteiger partial charge >= 0.3 is 0 Å². The molecule has 3 rings (SSSR count). The number of carbonyl (C=O) groups is 1.